The van der Waals surface area contributed by atoms with E-state index in [1.807, 2.05) is 18.2 Å². The lowest BCUT2D eigenvalue weighted by Gasteiger charge is -2.26. The average molecular weight is 521 g/mol. The van der Waals surface area contributed by atoms with Gasteiger partial charge in [0.25, 0.3) is 0 Å². The van der Waals surface area contributed by atoms with E-state index in [0.717, 1.165) is 27.8 Å². The summed E-state index contributed by atoms with van der Waals surface area (Å²) in [5.41, 5.74) is 9.11. The van der Waals surface area contributed by atoms with E-state index < -0.39 is 0 Å². The first kappa shape index (κ1) is 23.3. The van der Waals surface area contributed by atoms with E-state index in [9.17, 15) is 0 Å². The van der Waals surface area contributed by atoms with E-state index in [1.54, 1.807) is 0 Å². The van der Waals surface area contributed by atoms with Crippen LogP contribution in [0, 0.1) is 0 Å². The second-order valence-electron chi connectivity index (χ2n) is 9.61. The van der Waals surface area contributed by atoms with Gasteiger partial charge >= 0.3 is 0 Å². The van der Waals surface area contributed by atoms with Gasteiger partial charge in [0, 0.05) is 38.5 Å². The molecule has 0 aliphatic rings. The number of para-hydroxylation sites is 2. The summed E-state index contributed by atoms with van der Waals surface area (Å²) in [4.78, 5) is 2.29. The van der Waals surface area contributed by atoms with Crippen molar-refractivity contribution in [1.29, 1.82) is 0 Å². The van der Waals surface area contributed by atoms with Crippen molar-refractivity contribution in [3.05, 3.63) is 157 Å². The summed E-state index contributed by atoms with van der Waals surface area (Å²) in [6.45, 7) is 0. The number of fused-ring (bicyclic) bond motifs is 3. The highest BCUT2D eigenvalue weighted by Crippen LogP contribution is 2.40. The molecule has 0 aliphatic carbocycles. The molecule has 39 heavy (non-hydrogen) atoms. The lowest BCUT2D eigenvalue weighted by atomic mass is 10.0. The first-order chi connectivity index (χ1) is 19.3. The van der Waals surface area contributed by atoms with Gasteiger partial charge in [-0.1, -0.05) is 96.5 Å². The van der Waals surface area contributed by atoms with Crippen molar-refractivity contribution in [3.63, 3.8) is 0 Å². The molecule has 0 unspecified atom stereocenters. The van der Waals surface area contributed by atoms with Gasteiger partial charge in [0.1, 0.15) is 0 Å². The highest BCUT2D eigenvalue weighted by atomic mass is 35.5. The first-order valence-electron chi connectivity index (χ1n) is 13.1. The molecule has 0 bridgehead atoms. The minimum absolute atomic E-state index is 0.720. The zero-order valence-electron chi connectivity index (χ0n) is 21.2. The summed E-state index contributed by atoms with van der Waals surface area (Å²) in [6, 6.07) is 53.2. The van der Waals surface area contributed by atoms with Crippen molar-refractivity contribution in [2.75, 3.05) is 4.90 Å². The van der Waals surface area contributed by atoms with Crippen molar-refractivity contribution in [2.24, 2.45) is 0 Å². The van der Waals surface area contributed by atoms with Crippen molar-refractivity contribution in [2.45, 2.75) is 0 Å². The number of nitrogens with zero attached hydrogens (tertiary/aromatic N) is 2. The Morgan fingerprint density at radius 3 is 1.69 bits per heavy atom. The van der Waals surface area contributed by atoms with Crippen LogP contribution in [0.3, 0.4) is 0 Å². The fourth-order valence-corrected chi connectivity index (χ4v) is 5.55. The second-order valence-corrected chi connectivity index (χ2v) is 10.1. The van der Waals surface area contributed by atoms with Crippen LogP contribution in [0.4, 0.5) is 17.1 Å². The Kier molecular flexibility index (Phi) is 5.88. The molecule has 1 heterocycles. The Balaban J connectivity index is 1.43. The lowest BCUT2D eigenvalue weighted by molar-refractivity contribution is 1.18. The Morgan fingerprint density at radius 1 is 0.436 bits per heavy atom. The molecule has 0 saturated carbocycles. The molecule has 7 aromatic rings. The van der Waals surface area contributed by atoms with Crippen LogP contribution in [-0.4, -0.2) is 4.57 Å². The van der Waals surface area contributed by atoms with Crippen LogP contribution in [0.2, 0.25) is 5.02 Å². The van der Waals surface area contributed by atoms with Crippen molar-refractivity contribution < 1.29 is 0 Å². The standard InChI is InChI=1S/C36H25ClN2/c37-28-17-21-31(22-18-28)38(30-19-15-27(16-20-30)26-9-3-1-4-10-26)32-23-24-34-33-13-7-8-14-35(33)39(36(34)25-32)29-11-5-2-6-12-29/h1-25H. The quantitative estimate of drug-likeness (QED) is 0.219. The van der Waals surface area contributed by atoms with Crippen molar-refractivity contribution >= 4 is 50.5 Å². The van der Waals surface area contributed by atoms with Crippen LogP contribution in [0.5, 0.6) is 0 Å². The minimum Gasteiger partial charge on any atom is -0.310 e. The van der Waals surface area contributed by atoms with E-state index >= 15 is 0 Å². The number of anilines is 3. The van der Waals surface area contributed by atoms with Gasteiger partial charge in [-0.2, -0.15) is 0 Å². The zero-order valence-corrected chi connectivity index (χ0v) is 22.0. The van der Waals surface area contributed by atoms with E-state index in [1.165, 1.54) is 32.9 Å². The van der Waals surface area contributed by atoms with Crippen LogP contribution in [0.15, 0.2) is 152 Å². The fourth-order valence-electron chi connectivity index (χ4n) is 5.42. The molecule has 2 nitrogen and oxygen atoms in total. The molecule has 186 valence electrons. The number of rotatable bonds is 5. The van der Waals surface area contributed by atoms with Gasteiger partial charge < -0.3 is 9.47 Å². The largest absolute Gasteiger partial charge is 0.310 e. The second kappa shape index (κ2) is 9.83. The minimum atomic E-state index is 0.720. The van der Waals surface area contributed by atoms with Gasteiger partial charge in [-0.15, -0.1) is 0 Å². The molecule has 7 rings (SSSR count). The van der Waals surface area contributed by atoms with E-state index in [2.05, 4.69) is 143 Å². The smallest absolute Gasteiger partial charge is 0.0561 e. The lowest BCUT2D eigenvalue weighted by Crippen LogP contribution is -2.10. The van der Waals surface area contributed by atoms with Crippen LogP contribution >= 0.6 is 11.6 Å². The molecule has 3 heteroatoms. The van der Waals surface area contributed by atoms with Crippen LogP contribution in [0.1, 0.15) is 0 Å². The molecule has 0 N–H and O–H groups in total. The predicted octanol–water partition coefficient (Wildman–Crippen LogP) is 10.6. The number of aromatic nitrogens is 1. The topological polar surface area (TPSA) is 8.17 Å². The van der Waals surface area contributed by atoms with Gasteiger partial charge in [-0.3, -0.25) is 0 Å². The molecule has 0 aliphatic heterocycles. The predicted molar refractivity (Wildman–Crippen MR) is 166 cm³/mol. The van der Waals surface area contributed by atoms with E-state index in [-0.39, 0.29) is 0 Å². The molecule has 0 fully saturated rings. The molecule has 0 amide bonds. The molecule has 0 atom stereocenters. The third kappa shape index (κ3) is 4.25. The van der Waals surface area contributed by atoms with E-state index in [4.69, 9.17) is 11.6 Å². The summed E-state index contributed by atoms with van der Waals surface area (Å²) in [5, 5.41) is 3.19. The average Bonchev–Trinajstić information content (AvgIpc) is 3.33. The van der Waals surface area contributed by atoms with Crippen LogP contribution < -0.4 is 4.90 Å². The van der Waals surface area contributed by atoms with Gasteiger partial charge in [-0.25, -0.2) is 0 Å². The summed E-state index contributed by atoms with van der Waals surface area (Å²) in [5.74, 6) is 0. The summed E-state index contributed by atoms with van der Waals surface area (Å²) < 4.78 is 2.35. The molecule has 6 aromatic carbocycles. The molecule has 1 aromatic heterocycles. The van der Waals surface area contributed by atoms with Gasteiger partial charge in [-0.05, 0) is 77.9 Å². The number of benzene rings is 6. The first-order valence-corrected chi connectivity index (χ1v) is 13.4. The number of hydrogen-bond donors (Lipinski definition) is 0. The third-order valence-corrected chi connectivity index (χ3v) is 7.50. The highest BCUT2D eigenvalue weighted by molar-refractivity contribution is 6.30. The zero-order chi connectivity index (χ0) is 26.2. The Bertz CT molecular complexity index is 1890. The Morgan fingerprint density at radius 2 is 0.974 bits per heavy atom. The summed E-state index contributed by atoms with van der Waals surface area (Å²) in [6.07, 6.45) is 0. The molecule has 0 spiro atoms. The van der Waals surface area contributed by atoms with Gasteiger partial charge in [0.2, 0.25) is 0 Å². The Labute approximate surface area is 233 Å². The van der Waals surface area contributed by atoms with Crippen LogP contribution in [-0.2, 0) is 0 Å². The summed E-state index contributed by atoms with van der Waals surface area (Å²) >= 11 is 6.29. The third-order valence-electron chi connectivity index (χ3n) is 7.25. The van der Waals surface area contributed by atoms with Crippen LogP contribution in [0.25, 0.3) is 38.6 Å². The number of halogens is 1. The molecule has 0 radical (unpaired) electrons. The fraction of sp³-hybridized carbons (Fsp3) is 0. The monoisotopic (exact) mass is 520 g/mol. The maximum atomic E-state index is 6.29. The maximum Gasteiger partial charge on any atom is 0.0561 e. The molecular formula is C36H25ClN2. The SMILES string of the molecule is Clc1ccc(N(c2ccc(-c3ccccc3)cc2)c2ccc3c4ccccc4n(-c4ccccc4)c3c2)cc1. The molecular weight excluding hydrogens is 496 g/mol. The van der Waals surface area contributed by atoms with Gasteiger partial charge in [0.15, 0.2) is 0 Å². The highest BCUT2D eigenvalue weighted by Gasteiger charge is 2.17. The van der Waals surface area contributed by atoms with E-state index in [0.29, 0.717) is 0 Å². The molecule has 0 saturated heterocycles. The van der Waals surface area contributed by atoms with Gasteiger partial charge in [0.05, 0.1) is 11.0 Å². The normalized spacial score (nSPS) is 11.2. The number of hydrogen-bond acceptors (Lipinski definition) is 1. The van der Waals surface area contributed by atoms with Crippen molar-refractivity contribution in [1.82, 2.24) is 4.57 Å². The summed E-state index contributed by atoms with van der Waals surface area (Å²) in [7, 11) is 0. The Hall–Kier alpha value is -4.79. The van der Waals surface area contributed by atoms with Crippen molar-refractivity contribution in [3.8, 4) is 16.8 Å². The maximum absolute atomic E-state index is 6.29.